The molecule has 3 aliphatic rings. The largest absolute Gasteiger partial charge is 0.490 e. The minimum atomic E-state index is -0.586. The van der Waals surface area contributed by atoms with E-state index < -0.39 is 11.9 Å². The standard InChI is InChI=1S/C17H19N3O4/c18-10-6-12(7-10)24-11-1-2-13-9(5-11)8-20(17(13)23)14-3-4-15(21)19-16(14)22/h1-2,5,10,12,14H,3-4,6-8,18H2,(H,19,21,22). The molecule has 1 unspecified atom stereocenters. The van der Waals surface area contributed by atoms with Gasteiger partial charge in [-0.05, 0) is 43.0 Å². The number of imide groups is 1. The maximum Gasteiger partial charge on any atom is 0.255 e. The summed E-state index contributed by atoms with van der Waals surface area (Å²) in [6.45, 7) is 0.363. The number of ether oxygens (including phenoxy) is 1. The molecular formula is C17H19N3O4. The van der Waals surface area contributed by atoms with Crippen LogP contribution in [0.2, 0.25) is 0 Å². The molecule has 2 heterocycles. The van der Waals surface area contributed by atoms with Crippen molar-refractivity contribution in [2.45, 2.75) is 50.4 Å². The molecule has 2 aliphatic heterocycles. The smallest absolute Gasteiger partial charge is 0.255 e. The molecule has 1 saturated heterocycles. The third-order valence-electron chi connectivity index (χ3n) is 4.93. The Labute approximate surface area is 139 Å². The van der Waals surface area contributed by atoms with Gasteiger partial charge in [0.15, 0.2) is 0 Å². The van der Waals surface area contributed by atoms with E-state index in [0.29, 0.717) is 18.5 Å². The van der Waals surface area contributed by atoms with Gasteiger partial charge in [-0.2, -0.15) is 0 Å². The minimum absolute atomic E-state index is 0.140. The Morgan fingerprint density at radius 1 is 1.21 bits per heavy atom. The molecule has 1 aliphatic carbocycles. The summed E-state index contributed by atoms with van der Waals surface area (Å²) in [4.78, 5) is 37.4. The predicted octanol–water partition coefficient (Wildman–Crippen LogP) is 0.316. The topological polar surface area (TPSA) is 102 Å². The predicted molar refractivity (Wildman–Crippen MR) is 84.1 cm³/mol. The number of rotatable bonds is 3. The highest BCUT2D eigenvalue weighted by atomic mass is 16.5. The van der Waals surface area contributed by atoms with Crippen LogP contribution in [-0.4, -0.2) is 40.8 Å². The molecule has 0 bridgehead atoms. The van der Waals surface area contributed by atoms with Crippen LogP contribution in [0.4, 0.5) is 0 Å². The Balaban J connectivity index is 1.49. The summed E-state index contributed by atoms with van der Waals surface area (Å²) in [5.41, 5.74) is 7.21. The zero-order chi connectivity index (χ0) is 16.8. The number of hydrogen-bond donors (Lipinski definition) is 2. The van der Waals surface area contributed by atoms with Gasteiger partial charge in [0.05, 0.1) is 0 Å². The molecular weight excluding hydrogens is 310 g/mol. The van der Waals surface area contributed by atoms with Gasteiger partial charge >= 0.3 is 0 Å². The van der Waals surface area contributed by atoms with Crippen molar-refractivity contribution in [3.8, 4) is 5.75 Å². The van der Waals surface area contributed by atoms with Gasteiger partial charge in [-0.3, -0.25) is 19.7 Å². The maximum atomic E-state index is 12.6. The molecule has 126 valence electrons. The van der Waals surface area contributed by atoms with Gasteiger partial charge in [0.2, 0.25) is 11.8 Å². The quantitative estimate of drug-likeness (QED) is 0.778. The molecule has 7 heteroatoms. The molecule has 0 spiro atoms. The van der Waals surface area contributed by atoms with Crippen molar-refractivity contribution in [1.82, 2.24) is 10.2 Å². The maximum absolute atomic E-state index is 12.6. The van der Waals surface area contributed by atoms with E-state index in [1.54, 1.807) is 12.1 Å². The summed E-state index contributed by atoms with van der Waals surface area (Å²) >= 11 is 0. The Hall–Kier alpha value is -2.41. The van der Waals surface area contributed by atoms with Crippen LogP contribution in [0.15, 0.2) is 18.2 Å². The van der Waals surface area contributed by atoms with Crippen molar-refractivity contribution in [3.63, 3.8) is 0 Å². The number of hydrogen-bond acceptors (Lipinski definition) is 5. The third-order valence-corrected chi connectivity index (χ3v) is 4.93. The molecule has 24 heavy (non-hydrogen) atoms. The van der Waals surface area contributed by atoms with Crippen molar-refractivity contribution in [2.24, 2.45) is 5.73 Å². The number of nitrogens with zero attached hydrogens (tertiary/aromatic N) is 1. The Morgan fingerprint density at radius 3 is 2.71 bits per heavy atom. The first-order chi connectivity index (χ1) is 11.5. The van der Waals surface area contributed by atoms with E-state index in [9.17, 15) is 14.4 Å². The summed E-state index contributed by atoms with van der Waals surface area (Å²) in [5.74, 6) is -0.123. The molecule has 4 rings (SSSR count). The fourth-order valence-corrected chi connectivity index (χ4v) is 3.52. The summed E-state index contributed by atoms with van der Waals surface area (Å²) < 4.78 is 5.86. The zero-order valence-electron chi connectivity index (χ0n) is 13.2. The van der Waals surface area contributed by atoms with Gasteiger partial charge in [-0.15, -0.1) is 0 Å². The van der Waals surface area contributed by atoms with E-state index in [4.69, 9.17) is 10.5 Å². The van der Waals surface area contributed by atoms with Crippen LogP contribution in [0.3, 0.4) is 0 Å². The zero-order valence-corrected chi connectivity index (χ0v) is 13.2. The molecule has 1 aromatic rings. The summed E-state index contributed by atoms with van der Waals surface area (Å²) in [5, 5.41) is 2.30. The number of nitrogens with one attached hydrogen (secondary N) is 1. The SMILES string of the molecule is NC1CC(Oc2ccc3c(c2)CN(C2CCC(=O)NC2=O)C3=O)C1. The van der Waals surface area contributed by atoms with Crippen LogP contribution in [0.25, 0.3) is 0 Å². The fraction of sp³-hybridized carbons (Fsp3) is 0.471. The fourth-order valence-electron chi connectivity index (χ4n) is 3.52. The van der Waals surface area contributed by atoms with E-state index >= 15 is 0 Å². The van der Waals surface area contributed by atoms with Crippen LogP contribution >= 0.6 is 0 Å². The van der Waals surface area contributed by atoms with Crippen LogP contribution < -0.4 is 15.8 Å². The molecule has 0 aromatic heterocycles. The Bertz CT molecular complexity index is 727. The lowest BCUT2D eigenvalue weighted by Crippen LogP contribution is -2.52. The molecule has 1 aromatic carbocycles. The summed E-state index contributed by atoms with van der Waals surface area (Å²) in [6, 6.07) is 5.03. The van der Waals surface area contributed by atoms with Crippen LogP contribution in [0.5, 0.6) is 5.75 Å². The highest BCUT2D eigenvalue weighted by molar-refractivity contribution is 6.05. The number of benzene rings is 1. The number of nitrogens with two attached hydrogens (primary N) is 1. The lowest BCUT2D eigenvalue weighted by Gasteiger charge is -2.32. The first-order valence-corrected chi connectivity index (χ1v) is 8.21. The summed E-state index contributed by atoms with van der Waals surface area (Å²) in [6.07, 6.45) is 2.46. The van der Waals surface area contributed by atoms with E-state index in [2.05, 4.69) is 5.32 Å². The minimum Gasteiger partial charge on any atom is -0.490 e. The van der Waals surface area contributed by atoms with Gasteiger partial charge < -0.3 is 15.4 Å². The number of carbonyl (C=O) groups is 3. The second kappa shape index (κ2) is 5.59. The van der Waals surface area contributed by atoms with Crippen molar-refractivity contribution >= 4 is 17.7 Å². The molecule has 2 fully saturated rings. The Kier molecular flexibility index (Phi) is 3.53. The van der Waals surface area contributed by atoms with Gasteiger partial charge in [-0.1, -0.05) is 0 Å². The van der Waals surface area contributed by atoms with Crippen LogP contribution in [0, 0.1) is 0 Å². The lowest BCUT2D eigenvalue weighted by molar-refractivity contribution is -0.136. The first kappa shape index (κ1) is 15.1. The number of piperidine rings is 1. The van der Waals surface area contributed by atoms with Crippen LogP contribution in [0.1, 0.15) is 41.6 Å². The highest BCUT2D eigenvalue weighted by Gasteiger charge is 2.39. The molecule has 0 radical (unpaired) electrons. The summed E-state index contributed by atoms with van der Waals surface area (Å²) in [7, 11) is 0. The molecule has 3 amide bonds. The van der Waals surface area contributed by atoms with Gasteiger partial charge in [0.1, 0.15) is 17.9 Å². The Morgan fingerprint density at radius 2 is 2.00 bits per heavy atom. The molecule has 1 saturated carbocycles. The van der Waals surface area contributed by atoms with Crippen molar-refractivity contribution in [3.05, 3.63) is 29.3 Å². The average molecular weight is 329 g/mol. The molecule has 3 N–H and O–H groups in total. The van der Waals surface area contributed by atoms with Crippen molar-refractivity contribution in [1.29, 1.82) is 0 Å². The first-order valence-electron chi connectivity index (χ1n) is 8.21. The van der Waals surface area contributed by atoms with E-state index in [1.165, 1.54) is 4.90 Å². The number of fused-ring (bicyclic) bond motifs is 1. The van der Waals surface area contributed by atoms with Gasteiger partial charge in [0.25, 0.3) is 5.91 Å². The van der Waals surface area contributed by atoms with Gasteiger partial charge in [0, 0.05) is 24.6 Å². The monoisotopic (exact) mass is 329 g/mol. The third kappa shape index (κ3) is 2.54. The second-order valence-electron chi connectivity index (χ2n) is 6.69. The average Bonchev–Trinajstić information content (AvgIpc) is 2.82. The van der Waals surface area contributed by atoms with Crippen molar-refractivity contribution in [2.75, 3.05) is 0 Å². The highest BCUT2D eigenvalue weighted by Crippen LogP contribution is 2.32. The van der Waals surface area contributed by atoms with E-state index in [1.807, 2.05) is 6.07 Å². The van der Waals surface area contributed by atoms with E-state index in [0.717, 1.165) is 24.2 Å². The molecule has 1 atom stereocenters. The normalized spacial score (nSPS) is 29.1. The number of carbonyl (C=O) groups excluding carboxylic acids is 3. The number of amides is 3. The van der Waals surface area contributed by atoms with Gasteiger partial charge in [-0.25, -0.2) is 0 Å². The van der Waals surface area contributed by atoms with E-state index in [-0.39, 0.29) is 30.4 Å². The van der Waals surface area contributed by atoms with Crippen LogP contribution in [-0.2, 0) is 16.1 Å². The second-order valence-corrected chi connectivity index (χ2v) is 6.69. The molecule has 7 nitrogen and oxygen atoms in total. The lowest BCUT2D eigenvalue weighted by atomic mass is 9.90. The van der Waals surface area contributed by atoms with Crippen molar-refractivity contribution < 1.29 is 19.1 Å².